The fourth-order valence-corrected chi connectivity index (χ4v) is 2.32. The molecule has 0 amide bonds. The second-order valence-electron chi connectivity index (χ2n) is 4.46. The van der Waals surface area contributed by atoms with Gasteiger partial charge >= 0.3 is 5.97 Å². The molecule has 0 spiro atoms. The fraction of sp³-hybridized carbons (Fsp3) is 0.357. The predicted molar refractivity (Wildman–Crippen MR) is 62.1 cm³/mol. The van der Waals surface area contributed by atoms with E-state index in [0.717, 1.165) is 12.0 Å². The smallest absolute Gasteiger partial charge is 0.316 e. The number of carbonyl (C=O) groups excluding carboxylic acids is 1. The zero-order chi connectivity index (χ0) is 11.7. The Kier molecular flexibility index (Phi) is 2.69. The van der Waals surface area contributed by atoms with Gasteiger partial charge in [-0.25, -0.2) is 0 Å². The van der Waals surface area contributed by atoms with Gasteiger partial charge in [-0.15, -0.1) is 0 Å². The van der Waals surface area contributed by atoms with Crippen LogP contribution in [0.2, 0.25) is 0 Å². The monoisotopic (exact) mass is 230 g/mol. The zero-order valence-corrected chi connectivity index (χ0v) is 9.41. The molecule has 0 saturated carbocycles. The molecular weight excluding hydrogens is 216 g/mol. The number of esters is 1. The largest absolute Gasteiger partial charge is 0.458 e. The lowest BCUT2D eigenvalue weighted by Gasteiger charge is -2.36. The van der Waals surface area contributed by atoms with Crippen molar-refractivity contribution in [1.82, 2.24) is 0 Å². The minimum Gasteiger partial charge on any atom is -0.458 e. The van der Waals surface area contributed by atoms with Crippen LogP contribution in [0.15, 0.2) is 42.5 Å². The van der Waals surface area contributed by atoms with E-state index < -0.39 is 0 Å². The van der Waals surface area contributed by atoms with Gasteiger partial charge in [0.15, 0.2) is 0 Å². The van der Waals surface area contributed by atoms with Crippen LogP contribution in [0.4, 0.5) is 0 Å². The van der Waals surface area contributed by atoms with Gasteiger partial charge < -0.3 is 9.47 Å². The Morgan fingerprint density at radius 1 is 1.24 bits per heavy atom. The van der Waals surface area contributed by atoms with Crippen molar-refractivity contribution in [1.29, 1.82) is 0 Å². The van der Waals surface area contributed by atoms with Crippen LogP contribution in [0.1, 0.15) is 12.0 Å². The van der Waals surface area contributed by atoms with Gasteiger partial charge in [-0.2, -0.15) is 0 Å². The summed E-state index contributed by atoms with van der Waals surface area (Å²) >= 11 is 0. The molecule has 0 unspecified atom stereocenters. The highest BCUT2D eigenvalue weighted by molar-refractivity contribution is 5.77. The van der Waals surface area contributed by atoms with Crippen LogP contribution in [0.5, 0.6) is 0 Å². The number of rotatable bonds is 3. The summed E-state index contributed by atoms with van der Waals surface area (Å²) in [5.41, 5.74) is 1.13. The van der Waals surface area contributed by atoms with Crippen LogP contribution in [-0.2, 0) is 20.9 Å². The van der Waals surface area contributed by atoms with E-state index in [0.29, 0.717) is 6.61 Å². The topological polar surface area (TPSA) is 35.5 Å². The van der Waals surface area contributed by atoms with Crippen LogP contribution in [0.25, 0.3) is 0 Å². The second kappa shape index (κ2) is 4.34. The molecule has 0 N–H and O–H groups in total. The van der Waals surface area contributed by atoms with Crippen LogP contribution in [0.3, 0.4) is 0 Å². The molecule has 0 radical (unpaired) electrons. The molecule has 1 saturated heterocycles. The highest BCUT2D eigenvalue weighted by atomic mass is 16.6. The Hall–Kier alpha value is -1.61. The van der Waals surface area contributed by atoms with E-state index in [1.54, 1.807) is 0 Å². The number of fused-ring (bicyclic) bond motifs is 2. The van der Waals surface area contributed by atoms with Crippen LogP contribution < -0.4 is 0 Å². The van der Waals surface area contributed by atoms with Gasteiger partial charge in [0, 0.05) is 6.42 Å². The number of carbonyl (C=O) groups is 1. The van der Waals surface area contributed by atoms with E-state index in [1.165, 1.54) is 0 Å². The Labute approximate surface area is 100 Å². The number of benzene rings is 1. The van der Waals surface area contributed by atoms with Gasteiger partial charge in [-0.05, 0) is 11.6 Å². The SMILES string of the molecule is O=C1O[C@@H]2C=C[C@H]1[C@@H](OCc1ccccc1)C2. The van der Waals surface area contributed by atoms with E-state index in [1.807, 2.05) is 42.5 Å². The first-order chi connectivity index (χ1) is 8.33. The molecule has 3 atom stereocenters. The fourth-order valence-electron chi connectivity index (χ4n) is 2.32. The maximum atomic E-state index is 11.5. The first-order valence-electron chi connectivity index (χ1n) is 5.87. The van der Waals surface area contributed by atoms with Gasteiger partial charge in [0.05, 0.1) is 12.7 Å². The van der Waals surface area contributed by atoms with Crippen molar-refractivity contribution >= 4 is 5.97 Å². The molecule has 1 aliphatic carbocycles. The minimum absolute atomic E-state index is 0.0357. The summed E-state index contributed by atoms with van der Waals surface area (Å²) in [6.45, 7) is 0.551. The molecule has 1 fully saturated rings. The molecule has 4 rings (SSSR count). The van der Waals surface area contributed by atoms with E-state index >= 15 is 0 Å². The predicted octanol–water partition coefficient (Wildman–Crippen LogP) is 2.07. The quantitative estimate of drug-likeness (QED) is 0.589. The Morgan fingerprint density at radius 2 is 2.06 bits per heavy atom. The Balaban J connectivity index is 1.64. The van der Waals surface area contributed by atoms with Crippen LogP contribution in [-0.4, -0.2) is 18.2 Å². The average Bonchev–Trinajstić information content (AvgIpc) is 2.38. The number of ether oxygens (including phenoxy) is 2. The summed E-state index contributed by atoms with van der Waals surface area (Å²) in [6.07, 6.45) is 4.52. The second-order valence-corrected chi connectivity index (χ2v) is 4.46. The number of hydrogen-bond donors (Lipinski definition) is 0. The van der Waals surface area contributed by atoms with Crippen molar-refractivity contribution in [3.63, 3.8) is 0 Å². The van der Waals surface area contributed by atoms with E-state index in [2.05, 4.69) is 0 Å². The summed E-state index contributed by atoms with van der Waals surface area (Å²) < 4.78 is 11.0. The summed E-state index contributed by atoms with van der Waals surface area (Å²) in [6, 6.07) is 10.00. The maximum absolute atomic E-state index is 11.5. The lowest BCUT2D eigenvalue weighted by molar-refractivity contribution is -0.169. The molecule has 17 heavy (non-hydrogen) atoms. The summed E-state index contributed by atoms with van der Waals surface area (Å²) in [5.74, 6) is -0.370. The van der Waals surface area contributed by atoms with Gasteiger partial charge in [-0.1, -0.05) is 36.4 Å². The molecule has 88 valence electrons. The van der Waals surface area contributed by atoms with E-state index in [9.17, 15) is 4.79 Å². The molecule has 1 aromatic rings. The van der Waals surface area contributed by atoms with Gasteiger partial charge in [0.2, 0.25) is 0 Å². The first-order valence-corrected chi connectivity index (χ1v) is 5.87. The van der Waals surface area contributed by atoms with E-state index in [4.69, 9.17) is 9.47 Å². The molecule has 2 aliphatic heterocycles. The first kappa shape index (κ1) is 10.5. The highest BCUT2D eigenvalue weighted by Crippen LogP contribution is 2.31. The average molecular weight is 230 g/mol. The normalized spacial score (nSPS) is 30.4. The zero-order valence-electron chi connectivity index (χ0n) is 9.41. The lowest BCUT2D eigenvalue weighted by Crippen LogP contribution is -2.44. The standard InChI is InChI=1S/C14H14O3/c15-14-12-7-6-11(17-14)8-13(12)16-9-10-4-2-1-3-5-10/h1-7,11-13H,8-9H2/t11-,12+,13+/m1/s1. The third-order valence-electron chi connectivity index (χ3n) is 3.24. The molecule has 1 aromatic carbocycles. The van der Waals surface area contributed by atoms with E-state index in [-0.39, 0.29) is 24.1 Å². The Morgan fingerprint density at radius 3 is 2.76 bits per heavy atom. The molecular formula is C14H14O3. The van der Waals surface area contributed by atoms with Crippen molar-refractivity contribution < 1.29 is 14.3 Å². The van der Waals surface area contributed by atoms with Gasteiger partial charge in [0.1, 0.15) is 12.0 Å². The van der Waals surface area contributed by atoms with Gasteiger partial charge in [-0.3, -0.25) is 4.79 Å². The minimum atomic E-state index is -0.219. The molecule has 2 heterocycles. The van der Waals surface area contributed by atoms with Crippen molar-refractivity contribution in [2.24, 2.45) is 5.92 Å². The van der Waals surface area contributed by atoms with Crippen molar-refractivity contribution in [3.8, 4) is 0 Å². The van der Waals surface area contributed by atoms with Gasteiger partial charge in [0.25, 0.3) is 0 Å². The van der Waals surface area contributed by atoms with Crippen molar-refractivity contribution in [2.75, 3.05) is 0 Å². The maximum Gasteiger partial charge on any atom is 0.316 e. The third kappa shape index (κ3) is 2.11. The molecule has 0 aromatic heterocycles. The van der Waals surface area contributed by atoms with Crippen molar-refractivity contribution in [3.05, 3.63) is 48.0 Å². The molecule has 3 aliphatic rings. The number of hydrogen-bond acceptors (Lipinski definition) is 3. The summed E-state index contributed by atoms with van der Waals surface area (Å²) in [7, 11) is 0. The van der Waals surface area contributed by atoms with Crippen LogP contribution in [0, 0.1) is 5.92 Å². The molecule has 3 heteroatoms. The highest BCUT2D eigenvalue weighted by Gasteiger charge is 2.40. The van der Waals surface area contributed by atoms with Crippen LogP contribution >= 0.6 is 0 Å². The Bertz CT molecular complexity index is 438. The molecule has 2 bridgehead atoms. The lowest BCUT2D eigenvalue weighted by atomic mass is 9.88. The summed E-state index contributed by atoms with van der Waals surface area (Å²) in [4.78, 5) is 11.5. The third-order valence-corrected chi connectivity index (χ3v) is 3.24. The molecule has 3 nitrogen and oxygen atoms in total. The van der Waals surface area contributed by atoms with Crippen molar-refractivity contribution in [2.45, 2.75) is 25.2 Å². The summed E-state index contributed by atoms with van der Waals surface area (Å²) in [5, 5.41) is 0.